The fourth-order valence-electron chi connectivity index (χ4n) is 1.95. The van der Waals surface area contributed by atoms with Gasteiger partial charge in [-0.1, -0.05) is 0 Å². The Balaban J connectivity index is 2.62. The maximum Gasteiger partial charge on any atom is 0.169 e. The first-order valence-electron chi connectivity index (χ1n) is 4.90. The molecule has 0 spiro atoms. The van der Waals surface area contributed by atoms with E-state index in [0.29, 0.717) is 5.56 Å². The van der Waals surface area contributed by atoms with Gasteiger partial charge in [0.2, 0.25) is 0 Å². The van der Waals surface area contributed by atoms with Crippen LogP contribution in [-0.4, -0.2) is 32.3 Å². The van der Waals surface area contributed by atoms with Crippen LogP contribution in [0.2, 0.25) is 0 Å². The second-order valence-corrected chi connectivity index (χ2v) is 3.88. The van der Waals surface area contributed by atoms with Crippen molar-refractivity contribution in [1.82, 2.24) is 0 Å². The van der Waals surface area contributed by atoms with Crippen molar-refractivity contribution in [2.24, 2.45) is 0 Å². The Bertz CT molecular complexity index is 440. The number of fused-ring (bicyclic) bond motifs is 1. The molecule has 0 fully saturated rings. The molecule has 0 heterocycles. The summed E-state index contributed by atoms with van der Waals surface area (Å²) in [4.78, 5) is 11.6. The minimum absolute atomic E-state index is 0.0370. The lowest BCUT2D eigenvalue weighted by molar-refractivity contribution is 0.00834. The smallest absolute Gasteiger partial charge is 0.169 e. The number of hydrogen-bond donors (Lipinski definition) is 4. The molecule has 2 rings (SSSR count). The number of ketones is 1. The summed E-state index contributed by atoms with van der Waals surface area (Å²) in [6, 6.07) is 2.70. The molecule has 0 aromatic heterocycles. The van der Waals surface area contributed by atoms with Gasteiger partial charge in [0.15, 0.2) is 5.78 Å². The van der Waals surface area contributed by atoms with E-state index in [1.807, 2.05) is 0 Å². The molecule has 0 amide bonds. The Morgan fingerprint density at radius 2 is 2.00 bits per heavy atom. The molecule has 0 radical (unpaired) electrons. The Hall–Kier alpha value is -1.43. The summed E-state index contributed by atoms with van der Waals surface area (Å²) in [6.07, 6.45) is -2.57. The number of Topliss-reactive ketones (excluding diaryl/α,β-unsaturated/α-hetero) is 1. The van der Waals surface area contributed by atoms with Gasteiger partial charge in [-0.2, -0.15) is 0 Å². The fraction of sp³-hybridized carbons (Fsp3) is 0.364. The normalized spacial score (nSPS) is 24.3. The van der Waals surface area contributed by atoms with Crippen molar-refractivity contribution < 1.29 is 25.2 Å². The molecular formula is C11H12O5. The topological polar surface area (TPSA) is 98.0 Å². The Morgan fingerprint density at radius 1 is 1.31 bits per heavy atom. The first-order chi connectivity index (χ1) is 7.54. The number of rotatable bonds is 1. The SMILES string of the molecule is O=C1C[C@H](O)[C@H](O)c2cc(CO)cc(O)c21. The van der Waals surface area contributed by atoms with Crippen LogP contribution in [0.25, 0.3) is 0 Å². The van der Waals surface area contributed by atoms with Gasteiger partial charge in [0.1, 0.15) is 11.9 Å². The van der Waals surface area contributed by atoms with Crippen LogP contribution in [0.1, 0.15) is 34.0 Å². The molecule has 16 heavy (non-hydrogen) atoms. The zero-order valence-electron chi connectivity index (χ0n) is 8.42. The van der Waals surface area contributed by atoms with Gasteiger partial charge >= 0.3 is 0 Å². The van der Waals surface area contributed by atoms with Crippen molar-refractivity contribution in [2.75, 3.05) is 0 Å². The number of benzene rings is 1. The van der Waals surface area contributed by atoms with E-state index in [9.17, 15) is 20.1 Å². The third kappa shape index (κ3) is 1.59. The molecule has 1 aliphatic carbocycles. The van der Waals surface area contributed by atoms with Crippen LogP contribution in [0.3, 0.4) is 0 Å². The van der Waals surface area contributed by atoms with Crippen LogP contribution < -0.4 is 0 Å². The number of phenols is 1. The Morgan fingerprint density at radius 3 is 2.62 bits per heavy atom. The highest BCUT2D eigenvalue weighted by molar-refractivity contribution is 6.01. The molecule has 1 aromatic carbocycles. The van der Waals surface area contributed by atoms with E-state index in [-0.39, 0.29) is 29.9 Å². The third-order valence-electron chi connectivity index (χ3n) is 2.75. The highest BCUT2D eigenvalue weighted by Crippen LogP contribution is 2.36. The average Bonchev–Trinajstić information content (AvgIpc) is 2.24. The lowest BCUT2D eigenvalue weighted by Crippen LogP contribution is -2.29. The maximum atomic E-state index is 11.6. The fourth-order valence-corrected chi connectivity index (χ4v) is 1.95. The van der Waals surface area contributed by atoms with E-state index in [2.05, 4.69) is 0 Å². The quantitative estimate of drug-likeness (QED) is 0.532. The van der Waals surface area contributed by atoms with Crippen LogP contribution in [0.5, 0.6) is 5.75 Å². The molecule has 5 heteroatoms. The predicted molar refractivity (Wildman–Crippen MR) is 53.9 cm³/mol. The molecule has 0 saturated carbocycles. The molecule has 0 bridgehead atoms. The Labute approximate surface area is 91.6 Å². The molecule has 5 nitrogen and oxygen atoms in total. The van der Waals surface area contributed by atoms with Crippen LogP contribution in [0.4, 0.5) is 0 Å². The summed E-state index contributed by atoms with van der Waals surface area (Å²) in [7, 11) is 0. The summed E-state index contributed by atoms with van der Waals surface area (Å²) >= 11 is 0. The summed E-state index contributed by atoms with van der Waals surface area (Å²) in [6.45, 7) is -0.308. The number of aliphatic hydroxyl groups is 3. The van der Waals surface area contributed by atoms with Gasteiger partial charge < -0.3 is 20.4 Å². The van der Waals surface area contributed by atoms with Crippen molar-refractivity contribution >= 4 is 5.78 Å². The van der Waals surface area contributed by atoms with Gasteiger partial charge in [0.05, 0.1) is 18.3 Å². The predicted octanol–water partition coefficient (Wildman–Crippen LogP) is -0.135. The molecule has 2 atom stereocenters. The van der Waals surface area contributed by atoms with E-state index in [1.165, 1.54) is 12.1 Å². The summed E-state index contributed by atoms with van der Waals surface area (Å²) in [5.74, 6) is -0.674. The minimum atomic E-state index is -1.20. The second-order valence-electron chi connectivity index (χ2n) is 3.88. The van der Waals surface area contributed by atoms with Crippen molar-refractivity contribution in [1.29, 1.82) is 0 Å². The lowest BCUT2D eigenvalue weighted by Gasteiger charge is -2.26. The van der Waals surface area contributed by atoms with E-state index in [1.54, 1.807) is 0 Å². The minimum Gasteiger partial charge on any atom is -0.507 e. The third-order valence-corrected chi connectivity index (χ3v) is 2.75. The van der Waals surface area contributed by atoms with Crippen LogP contribution in [0, 0.1) is 0 Å². The first kappa shape index (κ1) is 11.1. The molecule has 0 unspecified atom stereocenters. The van der Waals surface area contributed by atoms with Crippen LogP contribution in [-0.2, 0) is 6.61 Å². The van der Waals surface area contributed by atoms with E-state index in [4.69, 9.17) is 5.11 Å². The second kappa shape index (κ2) is 3.86. The van der Waals surface area contributed by atoms with Crippen molar-refractivity contribution in [3.05, 3.63) is 28.8 Å². The highest BCUT2D eigenvalue weighted by Gasteiger charge is 2.33. The summed E-state index contributed by atoms with van der Waals surface area (Å²) in [5.41, 5.74) is 0.597. The first-order valence-corrected chi connectivity index (χ1v) is 4.90. The van der Waals surface area contributed by atoms with E-state index < -0.39 is 18.0 Å². The lowest BCUT2D eigenvalue weighted by atomic mass is 9.85. The van der Waals surface area contributed by atoms with Gasteiger partial charge in [-0.15, -0.1) is 0 Å². The maximum absolute atomic E-state index is 11.6. The molecule has 4 N–H and O–H groups in total. The molecule has 0 aliphatic heterocycles. The Kier molecular flexibility index (Phi) is 2.67. The van der Waals surface area contributed by atoms with Gasteiger partial charge in [0, 0.05) is 6.42 Å². The number of aromatic hydroxyl groups is 1. The van der Waals surface area contributed by atoms with Gasteiger partial charge in [-0.25, -0.2) is 0 Å². The number of phenolic OH excluding ortho intramolecular Hbond substituents is 1. The molecule has 1 aromatic rings. The number of carbonyl (C=O) groups excluding carboxylic acids is 1. The van der Waals surface area contributed by atoms with Crippen molar-refractivity contribution in [2.45, 2.75) is 25.2 Å². The van der Waals surface area contributed by atoms with Crippen molar-refractivity contribution in [3.63, 3.8) is 0 Å². The van der Waals surface area contributed by atoms with E-state index >= 15 is 0 Å². The summed E-state index contributed by atoms with van der Waals surface area (Å²) < 4.78 is 0. The van der Waals surface area contributed by atoms with Crippen LogP contribution >= 0.6 is 0 Å². The molecule has 86 valence electrons. The van der Waals surface area contributed by atoms with Crippen LogP contribution in [0.15, 0.2) is 12.1 Å². The van der Waals surface area contributed by atoms with Gasteiger partial charge in [0.25, 0.3) is 0 Å². The molecule has 1 aliphatic rings. The number of hydrogen-bond acceptors (Lipinski definition) is 5. The van der Waals surface area contributed by atoms with Crippen molar-refractivity contribution in [3.8, 4) is 5.75 Å². The van der Waals surface area contributed by atoms with Gasteiger partial charge in [-0.3, -0.25) is 4.79 Å². The zero-order valence-corrected chi connectivity index (χ0v) is 8.42. The largest absolute Gasteiger partial charge is 0.507 e. The number of carbonyl (C=O) groups is 1. The molecule has 0 saturated heterocycles. The monoisotopic (exact) mass is 224 g/mol. The van der Waals surface area contributed by atoms with Gasteiger partial charge in [-0.05, 0) is 23.3 Å². The highest BCUT2D eigenvalue weighted by atomic mass is 16.3. The van der Waals surface area contributed by atoms with E-state index in [0.717, 1.165) is 0 Å². The standard InChI is InChI=1S/C11H12O5/c12-4-5-1-6-10(7(13)2-5)8(14)3-9(15)11(6)16/h1-2,9,11-13,15-16H,3-4H2/t9-,11+/m0/s1. The molecular weight excluding hydrogens is 212 g/mol. The number of aliphatic hydroxyl groups excluding tert-OH is 3. The average molecular weight is 224 g/mol. The zero-order chi connectivity index (χ0) is 11.9. The summed E-state index contributed by atoms with van der Waals surface area (Å²) in [5, 5.41) is 37.7.